The second-order valence-corrected chi connectivity index (χ2v) is 12.5. The summed E-state index contributed by atoms with van der Waals surface area (Å²) in [5.74, 6) is -1.80. The number of carbonyl (C=O) groups is 4. The van der Waals surface area contributed by atoms with Gasteiger partial charge in [0.15, 0.2) is 0 Å². The van der Waals surface area contributed by atoms with Gasteiger partial charge in [0.1, 0.15) is 23.4 Å². The number of hydrogen-bond donors (Lipinski definition) is 3. The van der Waals surface area contributed by atoms with Crippen LogP contribution in [0.4, 0.5) is 9.18 Å². The van der Waals surface area contributed by atoms with Gasteiger partial charge in [0.05, 0.1) is 37.0 Å². The highest BCUT2D eigenvalue weighted by atomic mass is 35.5. The minimum Gasteiger partial charge on any atom is -0.488 e. The lowest BCUT2D eigenvalue weighted by molar-refractivity contribution is -0.145. The molecule has 14 heteroatoms. The average Bonchev–Trinajstić information content (AvgIpc) is 3.56. The maximum atomic E-state index is 13.9. The van der Waals surface area contributed by atoms with Gasteiger partial charge in [-0.1, -0.05) is 36.2 Å². The van der Waals surface area contributed by atoms with Crippen molar-refractivity contribution >= 4 is 46.4 Å². The zero-order chi connectivity index (χ0) is 33.6. The highest BCUT2D eigenvalue weighted by Gasteiger charge is 2.61. The van der Waals surface area contributed by atoms with E-state index in [0.29, 0.717) is 53.4 Å². The molecule has 3 heterocycles. The number of alkyl carbamates (subject to hydrolysis) is 1. The Morgan fingerprint density at radius 2 is 2.11 bits per heavy atom. The van der Waals surface area contributed by atoms with E-state index in [1.54, 1.807) is 24.3 Å². The minimum atomic E-state index is -1.45. The number of aromatic nitrogens is 1. The first-order valence-electron chi connectivity index (χ1n) is 16.0. The van der Waals surface area contributed by atoms with Crippen molar-refractivity contribution in [3.63, 3.8) is 0 Å². The Hall–Kier alpha value is -4.13. The lowest BCUT2D eigenvalue weighted by Gasteiger charge is -2.27. The molecule has 0 radical (unpaired) electrons. The van der Waals surface area contributed by atoms with E-state index < -0.39 is 54.3 Å². The van der Waals surface area contributed by atoms with Gasteiger partial charge in [0.2, 0.25) is 17.7 Å². The third kappa shape index (κ3) is 8.06. The predicted molar refractivity (Wildman–Crippen MR) is 170 cm³/mol. The number of fused-ring (bicyclic) bond motifs is 3. The lowest BCUT2D eigenvalue weighted by atomic mass is 10.0. The first-order valence-corrected chi connectivity index (χ1v) is 16.4. The molecule has 2 aromatic rings. The number of alkyl halides is 1. The molecule has 1 aromatic carbocycles. The fourth-order valence-electron chi connectivity index (χ4n) is 6.23. The number of aliphatic carboxylic acids is 1. The van der Waals surface area contributed by atoms with Crippen molar-refractivity contribution in [3.05, 3.63) is 41.4 Å². The molecule has 2 fully saturated rings. The molecule has 0 bridgehead atoms. The zero-order valence-corrected chi connectivity index (χ0v) is 27.0. The molecule has 3 aliphatic rings. The summed E-state index contributed by atoms with van der Waals surface area (Å²) in [6.07, 6.45) is 5.19. The van der Waals surface area contributed by atoms with Gasteiger partial charge in [-0.25, -0.2) is 14.6 Å². The molecule has 1 saturated heterocycles. The van der Waals surface area contributed by atoms with Gasteiger partial charge in [0, 0.05) is 42.7 Å². The quantitative estimate of drug-likeness (QED) is 0.256. The van der Waals surface area contributed by atoms with Gasteiger partial charge in [-0.15, -0.1) is 0 Å². The van der Waals surface area contributed by atoms with Gasteiger partial charge in [-0.05, 0) is 44.7 Å². The molecular formula is C33H40ClFN4O8. The van der Waals surface area contributed by atoms with Crippen LogP contribution in [0.3, 0.4) is 0 Å². The zero-order valence-electron chi connectivity index (χ0n) is 26.2. The van der Waals surface area contributed by atoms with Crippen LogP contribution in [-0.2, 0) is 19.1 Å². The molecule has 5 rings (SSSR count). The van der Waals surface area contributed by atoms with E-state index in [-0.39, 0.29) is 44.8 Å². The summed E-state index contributed by atoms with van der Waals surface area (Å²) in [6.45, 7) is 1.50. The van der Waals surface area contributed by atoms with Crippen molar-refractivity contribution in [2.45, 2.75) is 82.0 Å². The Morgan fingerprint density at radius 3 is 2.87 bits per heavy atom. The summed E-state index contributed by atoms with van der Waals surface area (Å²) in [5, 5.41) is 16.6. The molecule has 254 valence electrons. The summed E-state index contributed by atoms with van der Waals surface area (Å²) in [6, 6.07) is 5.26. The van der Waals surface area contributed by atoms with Gasteiger partial charge in [-0.2, -0.15) is 0 Å². The Kier molecular flexibility index (Phi) is 11.1. The lowest BCUT2D eigenvalue weighted by Crippen LogP contribution is -2.53. The summed E-state index contributed by atoms with van der Waals surface area (Å²) in [4.78, 5) is 58.4. The van der Waals surface area contributed by atoms with Crippen molar-refractivity contribution in [3.8, 4) is 11.6 Å². The van der Waals surface area contributed by atoms with Crippen molar-refractivity contribution in [2.24, 2.45) is 5.92 Å². The predicted octanol–water partition coefficient (Wildman–Crippen LogP) is 4.57. The molecule has 5 atom stereocenters. The van der Waals surface area contributed by atoms with E-state index in [9.17, 15) is 28.7 Å². The van der Waals surface area contributed by atoms with Gasteiger partial charge >= 0.3 is 12.1 Å². The minimum absolute atomic E-state index is 0.0301. The van der Waals surface area contributed by atoms with Crippen molar-refractivity contribution in [2.75, 3.05) is 26.4 Å². The fourth-order valence-corrected chi connectivity index (χ4v) is 6.44. The smallest absolute Gasteiger partial charge is 0.407 e. The number of benzene rings is 1. The topological polar surface area (TPSA) is 156 Å². The molecule has 47 heavy (non-hydrogen) atoms. The first-order chi connectivity index (χ1) is 22.6. The summed E-state index contributed by atoms with van der Waals surface area (Å²) < 4.78 is 29.6. The Morgan fingerprint density at radius 1 is 1.28 bits per heavy atom. The number of carbonyl (C=O) groups excluding carboxylic acids is 3. The summed E-state index contributed by atoms with van der Waals surface area (Å²) in [7, 11) is 0. The first kappa shape index (κ1) is 34.2. The Bertz CT molecular complexity index is 1520. The highest BCUT2D eigenvalue weighted by molar-refractivity contribution is 6.35. The number of halogens is 2. The maximum absolute atomic E-state index is 13.9. The molecule has 3 N–H and O–H groups in total. The summed E-state index contributed by atoms with van der Waals surface area (Å²) >= 11 is 6.44. The van der Waals surface area contributed by atoms with E-state index in [2.05, 4.69) is 15.6 Å². The molecule has 3 amide bonds. The van der Waals surface area contributed by atoms with E-state index in [4.69, 9.17) is 25.8 Å². The van der Waals surface area contributed by atoms with Crippen LogP contribution in [0.1, 0.15) is 58.3 Å². The number of para-hydroxylation sites is 1. The van der Waals surface area contributed by atoms with E-state index in [1.807, 2.05) is 19.1 Å². The van der Waals surface area contributed by atoms with Crippen LogP contribution in [0, 0.1) is 5.92 Å². The van der Waals surface area contributed by atoms with Gasteiger partial charge < -0.3 is 34.9 Å². The van der Waals surface area contributed by atoms with Crippen LogP contribution in [-0.4, -0.2) is 89.0 Å². The number of pyridine rings is 1. The van der Waals surface area contributed by atoms with E-state index in [0.717, 1.165) is 6.42 Å². The third-order valence-electron chi connectivity index (χ3n) is 8.74. The average molecular weight is 675 g/mol. The van der Waals surface area contributed by atoms with Crippen LogP contribution in [0.25, 0.3) is 10.9 Å². The number of amides is 3. The number of hydrogen-bond acceptors (Lipinski definition) is 8. The van der Waals surface area contributed by atoms with E-state index >= 15 is 0 Å². The normalized spacial score (nSPS) is 27.0. The maximum Gasteiger partial charge on any atom is 0.407 e. The number of ether oxygens (including phenoxy) is 3. The van der Waals surface area contributed by atoms with Gasteiger partial charge in [-0.3, -0.25) is 14.0 Å². The standard InChI is InChI=1S/C33H40ClFN4O8/c1-2-45-27-17-26(23-11-7-12-24(34)29(23)37-27)47-22-16-25-30(41)38-33(31(42)43)18-20(33)9-5-3-4-6-10-21(15-28(40)39(25)19-22)36-32(44)46-14-8-13-35/h5,7,9,11-12,17,20-22,25H,2-4,6,8,10,13-16,18-19H2,1H3,(H,36,44)(H,38,41)(H,42,43)/b9-5-/t20-,21+,22-,25+,33-/m1/s1. The summed E-state index contributed by atoms with van der Waals surface area (Å²) in [5.41, 5.74) is -0.973. The number of nitrogens with one attached hydrogen (secondary N) is 2. The van der Waals surface area contributed by atoms with Crippen LogP contribution in [0.5, 0.6) is 11.6 Å². The fraction of sp³-hybridized carbons (Fsp3) is 0.545. The van der Waals surface area contributed by atoms with Crippen molar-refractivity contribution in [1.82, 2.24) is 20.5 Å². The molecular weight excluding hydrogens is 635 g/mol. The molecule has 1 saturated carbocycles. The Balaban J connectivity index is 1.42. The van der Waals surface area contributed by atoms with Crippen LogP contribution >= 0.6 is 11.6 Å². The number of carboxylic acid groups (broad SMARTS) is 1. The third-order valence-corrected chi connectivity index (χ3v) is 9.04. The van der Waals surface area contributed by atoms with Gasteiger partial charge in [0.25, 0.3) is 0 Å². The monoisotopic (exact) mass is 674 g/mol. The molecule has 1 aromatic heterocycles. The molecule has 12 nitrogen and oxygen atoms in total. The van der Waals surface area contributed by atoms with Crippen molar-refractivity contribution < 1.29 is 42.9 Å². The van der Waals surface area contributed by atoms with Crippen molar-refractivity contribution in [1.29, 1.82) is 0 Å². The van der Waals surface area contributed by atoms with Crippen LogP contribution in [0.2, 0.25) is 5.02 Å². The van der Waals surface area contributed by atoms with E-state index in [1.165, 1.54) is 4.90 Å². The molecule has 1 aliphatic carbocycles. The highest BCUT2D eigenvalue weighted by Crippen LogP contribution is 2.45. The van der Waals surface area contributed by atoms with Crippen LogP contribution < -0.4 is 20.1 Å². The SMILES string of the molecule is CCOc1cc(O[C@@H]2C[C@H]3C(=O)N[C@]4(C(=O)O)C[C@H]4/C=C\CCCC[C@H](NC(=O)OCCCF)CC(=O)N3C2)c2cccc(Cl)c2n1. The second kappa shape index (κ2) is 15.2. The number of allylic oxidation sites excluding steroid dienone is 1. The molecule has 2 aliphatic heterocycles. The Labute approximate surface area is 276 Å². The second-order valence-electron chi connectivity index (χ2n) is 12.1. The van der Waals surface area contributed by atoms with Crippen LogP contribution in [0.15, 0.2) is 36.4 Å². The number of carboxylic acids is 1. The number of nitrogens with zero attached hydrogens (tertiary/aromatic N) is 2. The molecule has 0 spiro atoms. The molecule has 0 unspecified atom stereocenters. The largest absolute Gasteiger partial charge is 0.488 e. The number of rotatable bonds is 9.